The summed E-state index contributed by atoms with van der Waals surface area (Å²) in [5.41, 5.74) is 2.19. The summed E-state index contributed by atoms with van der Waals surface area (Å²) in [7, 11) is 0. The summed E-state index contributed by atoms with van der Waals surface area (Å²) in [4.78, 5) is 11.6. The molecule has 4 nitrogen and oxygen atoms in total. The van der Waals surface area contributed by atoms with Crippen molar-refractivity contribution in [3.8, 4) is 5.75 Å². The van der Waals surface area contributed by atoms with Crippen LogP contribution in [0, 0.1) is 0 Å². The van der Waals surface area contributed by atoms with Gasteiger partial charge in [-0.15, -0.1) is 0 Å². The molecule has 0 aliphatic heterocycles. The Morgan fingerprint density at radius 1 is 0.828 bits per heavy atom. The van der Waals surface area contributed by atoms with E-state index < -0.39 is 5.60 Å². The molecule has 0 unspecified atom stereocenters. The van der Waals surface area contributed by atoms with Gasteiger partial charge in [-0.2, -0.15) is 0 Å². The summed E-state index contributed by atoms with van der Waals surface area (Å²) in [6, 6.07) is 18.9. The van der Waals surface area contributed by atoms with Gasteiger partial charge in [0.1, 0.15) is 11.4 Å². The number of hydrogen-bond donors (Lipinski definition) is 1. The molecule has 0 radical (unpaired) electrons. The van der Waals surface area contributed by atoms with Crippen LogP contribution < -0.4 is 10.1 Å². The average molecular weight is 398 g/mol. The lowest BCUT2D eigenvalue weighted by molar-refractivity contribution is 0.0527. The lowest BCUT2D eigenvalue weighted by Crippen LogP contribution is -2.33. The fourth-order valence-corrected chi connectivity index (χ4v) is 2.99. The van der Waals surface area contributed by atoms with E-state index in [0.29, 0.717) is 6.54 Å². The number of carbonyl (C=O) groups is 1. The zero-order chi connectivity index (χ0) is 21.0. The molecule has 1 amide bonds. The third-order valence-corrected chi connectivity index (χ3v) is 4.46. The molecule has 0 spiro atoms. The third kappa shape index (κ3) is 10.6. The van der Waals surface area contributed by atoms with E-state index >= 15 is 0 Å². The molecule has 0 heterocycles. The molecule has 0 aromatic heterocycles. The Hall–Kier alpha value is -2.49. The van der Waals surface area contributed by atoms with Crippen LogP contribution in [-0.2, 0) is 17.6 Å². The van der Waals surface area contributed by atoms with Crippen LogP contribution in [0.15, 0.2) is 54.6 Å². The molecule has 2 aromatic carbocycles. The molecule has 0 bridgehead atoms. The van der Waals surface area contributed by atoms with Crippen molar-refractivity contribution in [2.75, 3.05) is 13.2 Å². The van der Waals surface area contributed by atoms with Crippen LogP contribution in [0.2, 0.25) is 0 Å². The summed E-state index contributed by atoms with van der Waals surface area (Å²) in [6.45, 7) is 6.95. The molecule has 0 atom stereocenters. The molecule has 0 fully saturated rings. The summed E-state index contributed by atoms with van der Waals surface area (Å²) < 4.78 is 11.1. The van der Waals surface area contributed by atoms with E-state index in [0.717, 1.165) is 38.0 Å². The summed E-state index contributed by atoms with van der Waals surface area (Å²) in [5.74, 6) is 0.920. The highest BCUT2D eigenvalue weighted by atomic mass is 16.6. The normalized spacial score (nSPS) is 11.1. The Labute approximate surface area is 175 Å². The fourth-order valence-electron chi connectivity index (χ4n) is 2.99. The molecular weight excluding hydrogens is 362 g/mol. The van der Waals surface area contributed by atoms with E-state index in [1.807, 2.05) is 32.9 Å². The lowest BCUT2D eigenvalue weighted by Gasteiger charge is -2.19. The van der Waals surface area contributed by atoms with Gasteiger partial charge in [-0.3, -0.25) is 0 Å². The van der Waals surface area contributed by atoms with Crippen LogP contribution in [0.3, 0.4) is 0 Å². The van der Waals surface area contributed by atoms with Crippen LogP contribution in [0.1, 0.15) is 57.6 Å². The molecule has 4 heteroatoms. The van der Waals surface area contributed by atoms with E-state index in [-0.39, 0.29) is 6.09 Å². The highest BCUT2D eigenvalue weighted by Crippen LogP contribution is 2.14. The van der Waals surface area contributed by atoms with Crippen LogP contribution in [0.4, 0.5) is 4.79 Å². The van der Waals surface area contributed by atoms with Gasteiger partial charge >= 0.3 is 6.09 Å². The number of alkyl carbamates (subject to hydrolysis) is 1. The minimum absolute atomic E-state index is 0.356. The molecule has 158 valence electrons. The number of ether oxygens (including phenoxy) is 2. The third-order valence-electron chi connectivity index (χ3n) is 4.46. The van der Waals surface area contributed by atoms with Crippen LogP contribution >= 0.6 is 0 Å². The van der Waals surface area contributed by atoms with Crippen molar-refractivity contribution in [2.24, 2.45) is 0 Å². The number of nitrogens with one attached hydrogen (secondary N) is 1. The molecule has 29 heavy (non-hydrogen) atoms. The lowest BCUT2D eigenvalue weighted by atomic mass is 10.1. The van der Waals surface area contributed by atoms with Crippen molar-refractivity contribution in [1.82, 2.24) is 5.32 Å². The first kappa shape index (κ1) is 22.8. The number of hydrogen-bond acceptors (Lipinski definition) is 3. The van der Waals surface area contributed by atoms with Crippen molar-refractivity contribution in [3.63, 3.8) is 0 Å². The van der Waals surface area contributed by atoms with Gasteiger partial charge in [-0.25, -0.2) is 4.79 Å². The summed E-state index contributed by atoms with van der Waals surface area (Å²) >= 11 is 0. The predicted molar refractivity (Wildman–Crippen MR) is 118 cm³/mol. The SMILES string of the molecule is CC(C)(C)OC(=O)NCCCc1ccc(OCCCCCc2ccccc2)cc1. The van der Waals surface area contributed by atoms with Gasteiger partial charge in [0.15, 0.2) is 0 Å². The van der Waals surface area contributed by atoms with Crippen molar-refractivity contribution in [3.05, 3.63) is 65.7 Å². The van der Waals surface area contributed by atoms with Gasteiger partial charge in [0.25, 0.3) is 0 Å². The number of rotatable bonds is 11. The van der Waals surface area contributed by atoms with Gasteiger partial charge in [-0.1, -0.05) is 42.5 Å². The Bertz CT molecular complexity index is 705. The first-order valence-electron chi connectivity index (χ1n) is 10.6. The van der Waals surface area contributed by atoms with Crippen molar-refractivity contribution in [1.29, 1.82) is 0 Å². The molecule has 2 aromatic rings. The Morgan fingerprint density at radius 3 is 2.17 bits per heavy atom. The Balaban J connectivity index is 1.53. The molecular formula is C25H35NO3. The number of amides is 1. The van der Waals surface area contributed by atoms with Gasteiger partial charge in [-0.05, 0) is 82.6 Å². The highest BCUT2D eigenvalue weighted by Gasteiger charge is 2.15. The van der Waals surface area contributed by atoms with Crippen molar-refractivity contribution in [2.45, 2.75) is 64.9 Å². The number of aryl methyl sites for hydroxylation is 2. The minimum Gasteiger partial charge on any atom is -0.494 e. The van der Waals surface area contributed by atoms with Gasteiger partial charge in [0, 0.05) is 6.54 Å². The number of unbranched alkanes of at least 4 members (excludes halogenated alkanes) is 2. The molecule has 0 aliphatic carbocycles. The van der Waals surface area contributed by atoms with Gasteiger partial charge < -0.3 is 14.8 Å². The minimum atomic E-state index is -0.457. The monoisotopic (exact) mass is 397 g/mol. The van der Waals surface area contributed by atoms with Crippen LogP contribution in [-0.4, -0.2) is 24.8 Å². The number of benzene rings is 2. The van der Waals surface area contributed by atoms with E-state index in [1.165, 1.54) is 24.0 Å². The first-order valence-corrected chi connectivity index (χ1v) is 10.6. The van der Waals surface area contributed by atoms with Gasteiger partial charge in [0.2, 0.25) is 0 Å². The maximum absolute atomic E-state index is 11.6. The zero-order valence-electron chi connectivity index (χ0n) is 18.1. The molecule has 1 N–H and O–H groups in total. The predicted octanol–water partition coefficient (Wildman–Crippen LogP) is 5.94. The smallest absolute Gasteiger partial charge is 0.407 e. The van der Waals surface area contributed by atoms with E-state index in [9.17, 15) is 4.79 Å². The molecule has 0 aliphatic rings. The summed E-state index contributed by atoms with van der Waals surface area (Å²) in [6.07, 6.45) is 6.02. The zero-order valence-corrected chi connectivity index (χ0v) is 18.1. The van der Waals surface area contributed by atoms with E-state index in [4.69, 9.17) is 9.47 Å². The quantitative estimate of drug-likeness (QED) is 0.478. The molecule has 0 saturated heterocycles. The average Bonchev–Trinajstić information content (AvgIpc) is 2.68. The maximum Gasteiger partial charge on any atom is 0.407 e. The second-order valence-corrected chi connectivity index (χ2v) is 8.32. The van der Waals surface area contributed by atoms with E-state index in [2.05, 4.69) is 47.8 Å². The summed E-state index contributed by atoms with van der Waals surface area (Å²) in [5, 5.41) is 2.79. The Kier molecular flexibility index (Phi) is 9.55. The molecule has 0 saturated carbocycles. The van der Waals surface area contributed by atoms with Crippen molar-refractivity contribution < 1.29 is 14.3 Å². The largest absolute Gasteiger partial charge is 0.494 e. The fraction of sp³-hybridized carbons (Fsp3) is 0.480. The van der Waals surface area contributed by atoms with Gasteiger partial charge in [0.05, 0.1) is 6.61 Å². The first-order chi connectivity index (χ1) is 13.9. The second-order valence-electron chi connectivity index (χ2n) is 8.32. The van der Waals surface area contributed by atoms with Crippen LogP contribution in [0.5, 0.6) is 5.75 Å². The van der Waals surface area contributed by atoms with Crippen molar-refractivity contribution >= 4 is 6.09 Å². The standard InChI is InChI=1S/C25H35NO3/c1-25(2,3)29-24(27)26-19-10-14-22-15-17-23(18-16-22)28-20-9-5-8-13-21-11-6-4-7-12-21/h4,6-7,11-12,15-18H,5,8-10,13-14,19-20H2,1-3H3,(H,26,27). The maximum atomic E-state index is 11.6. The highest BCUT2D eigenvalue weighted by molar-refractivity contribution is 5.67. The van der Waals surface area contributed by atoms with Crippen LogP contribution in [0.25, 0.3) is 0 Å². The molecule has 2 rings (SSSR count). The topological polar surface area (TPSA) is 47.6 Å². The second kappa shape index (κ2) is 12.2. The number of carbonyl (C=O) groups excluding carboxylic acids is 1. The van der Waals surface area contributed by atoms with E-state index in [1.54, 1.807) is 0 Å². The Morgan fingerprint density at radius 2 is 1.48 bits per heavy atom.